The quantitative estimate of drug-likeness (QED) is 0.696. The summed E-state index contributed by atoms with van der Waals surface area (Å²) in [6.07, 6.45) is 2.47. The van der Waals surface area contributed by atoms with Crippen LogP contribution in [0.5, 0.6) is 0 Å². The Morgan fingerprint density at radius 3 is 2.00 bits per heavy atom. The number of cyclic esters (lactones) is 1. The van der Waals surface area contributed by atoms with Crippen LogP contribution in [0.1, 0.15) is 47.7 Å². The van der Waals surface area contributed by atoms with Crippen molar-refractivity contribution in [2.45, 2.75) is 37.8 Å². The Labute approximate surface area is 200 Å². The molecule has 3 aliphatic rings. The summed E-state index contributed by atoms with van der Waals surface area (Å²) < 4.78 is 5.62. The fraction of sp³-hybridized carbons (Fsp3) is 0.444. The normalized spacial score (nSPS) is 22.1. The molecule has 7 nitrogen and oxygen atoms in total. The summed E-state index contributed by atoms with van der Waals surface area (Å²) in [7, 11) is 0. The van der Waals surface area contributed by atoms with E-state index < -0.39 is 0 Å². The average Bonchev–Trinajstić information content (AvgIpc) is 3.30. The third kappa shape index (κ3) is 4.65. The van der Waals surface area contributed by atoms with E-state index in [0.29, 0.717) is 51.1 Å². The van der Waals surface area contributed by atoms with E-state index in [0.717, 1.165) is 18.4 Å². The predicted molar refractivity (Wildman–Crippen MR) is 127 cm³/mol. The van der Waals surface area contributed by atoms with Gasteiger partial charge in [-0.3, -0.25) is 9.59 Å². The highest BCUT2D eigenvalue weighted by molar-refractivity contribution is 5.94. The fourth-order valence-electron chi connectivity index (χ4n) is 5.37. The molecule has 0 saturated carbocycles. The Morgan fingerprint density at radius 2 is 1.35 bits per heavy atom. The van der Waals surface area contributed by atoms with E-state index in [4.69, 9.17) is 4.74 Å². The molecule has 0 radical (unpaired) electrons. The van der Waals surface area contributed by atoms with Gasteiger partial charge in [0, 0.05) is 43.7 Å². The maximum absolute atomic E-state index is 13.1. The number of carbonyl (C=O) groups is 3. The molecule has 34 heavy (non-hydrogen) atoms. The number of hydrogen-bond donors (Lipinski definition) is 0. The van der Waals surface area contributed by atoms with Crippen LogP contribution < -0.4 is 0 Å². The second-order valence-corrected chi connectivity index (χ2v) is 9.42. The standard InChI is InChI=1S/C27H31N3O4/c31-25(21-9-5-2-6-10-21)28-15-11-22(12-16-28)26(32)29-17-13-23(14-18-29)30-19-24(34-27(30)33)20-7-3-1-4-8-20/h1-10,22-24H,11-19H2. The second kappa shape index (κ2) is 9.87. The van der Waals surface area contributed by atoms with Crippen molar-refractivity contribution in [1.29, 1.82) is 0 Å². The molecule has 2 aromatic carbocycles. The lowest BCUT2D eigenvalue weighted by Crippen LogP contribution is -2.50. The number of piperidine rings is 2. The number of benzene rings is 2. The van der Waals surface area contributed by atoms with Crippen molar-refractivity contribution in [2.24, 2.45) is 5.92 Å². The first-order chi connectivity index (χ1) is 16.6. The van der Waals surface area contributed by atoms with Crippen LogP contribution in [0, 0.1) is 5.92 Å². The van der Waals surface area contributed by atoms with Crippen LogP contribution >= 0.6 is 0 Å². The topological polar surface area (TPSA) is 70.2 Å². The van der Waals surface area contributed by atoms with Crippen LogP contribution in [0.25, 0.3) is 0 Å². The van der Waals surface area contributed by atoms with E-state index in [1.807, 2.05) is 75.4 Å². The number of carbonyl (C=O) groups excluding carboxylic acids is 3. The van der Waals surface area contributed by atoms with E-state index in [1.165, 1.54) is 0 Å². The van der Waals surface area contributed by atoms with Gasteiger partial charge in [0.15, 0.2) is 0 Å². The van der Waals surface area contributed by atoms with E-state index in [1.54, 1.807) is 0 Å². The van der Waals surface area contributed by atoms with Crippen LogP contribution in [0.4, 0.5) is 4.79 Å². The van der Waals surface area contributed by atoms with Crippen molar-refractivity contribution in [3.63, 3.8) is 0 Å². The zero-order valence-corrected chi connectivity index (χ0v) is 19.3. The molecular formula is C27H31N3O4. The van der Waals surface area contributed by atoms with Gasteiger partial charge in [-0.1, -0.05) is 48.5 Å². The van der Waals surface area contributed by atoms with E-state index in [-0.39, 0.29) is 36.0 Å². The highest BCUT2D eigenvalue weighted by Gasteiger charge is 2.39. The van der Waals surface area contributed by atoms with Crippen molar-refractivity contribution in [2.75, 3.05) is 32.7 Å². The SMILES string of the molecule is O=C(c1ccccc1)N1CCC(C(=O)N2CCC(N3CC(c4ccccc4)OC3=O)CC2)CC1. The summed E-state index contributed by atoms with van der Waals surface area (Å²) in [5.41, 5.74) is 1.72. The molecule has 0 aliphatic carbocycles. The summed E-state index contributed by atoms with van der Waals surface area (Å²) >= 11 is 0. The summed E-state index contributed by atoms with van der Waals surface area (Å²) in [5.74, 6) is 0.200. The number of ether oxygens (including phenoxy) is 1. The lowest BCUT2D eigenvalue weighted by molar-refractivity contribution is -0.138. The largest absolute Gasteiger partial charge is 0.439 e. The van der Waals surface area contributed by atoms with Gasteiger partial charge in [0.25, 0.3) is 5.91 Å². The maximum atomic E-state index is 13.1. The molecule has 3 fully saturated rings. The molecule has 0 spiro atoms. The number of rotatable bonds is 4. The zero-order valence-electron chi connectivity index (χ0n) is 19.3. The third-order valence-electron chi connectivity index (χ3n) is 7.38. The minimum atomic E-state index is -0.255. The first-order valence-corrected chi connectivity index (χ1v) is 12.3. The predicted octanol–water partition coefficient (Wildman–Crippen LogP) is 3.72. The van der Waals surface area contributed by atoms with Gasteiger partial charge in [-0.25, -0.2) is 4.79 Å². The maximum Gasteiger partial charge on any atom is 0.410 e. The second-order valence-electron chi connectivity index (χ2n) is 9.42. The summed E-state index contributed by atoms with van der Waals surface area (Å²) in [6.45, 7) is 3.11. The lowest BCUT2D eigenvalue weighted by Gasteiger charge is -2.39. The number of nitrogens with zero attached hydrogens (tertiary/aromatic N) is 3. The van der Waals surface area contributed by atoms with Crippen molar-refractivity contribution < 1.29 is 19.1 Å². The first-order valence-electron chi connectivity index (χ1n) is 12.3. The molecular weight excluding hydrogens is 430 g/mol. The van der Waals surface area contributed by atoms with E-state index >= 15 is 0 Å². The van der Waals surface area contributed by atoms with Crippen LogP contribution in [0.3, 0.4) is 0 Å². The minimum absolute atomic E-state index is 0.0319. The van der Waals surface area contributed by atoms with Gasteiger partial charge in [0.05, 0.1) is 6.54 Å². The van der Waals surface area contributed by atoms with Gasteiger partial charge in [0.2, 0.25) is 5.91 Å². The monoisotopic (exact) mass is 461 g/mol. The first kappa shape index (κ1) is 22.4. The van der Waals surface area contributed by atoms with Crippen LogP contribution in [-0.2, 0) is 9.53 Å². The molecule has 2 aromatic rings. The van der Waals surface area contributed by atoms with Gasteiger partial charge in [-0.05, 0) is 43.4 Å². The lowest BCUT2D eigenvalue weighted by atomic mass is 9.93. The highest BCUT2D eigenvalue weighted by atomic mass is 16.6. The molecule has 3 amide bonds. The molecule has 3 aliphatic heterocycles. The van der Waals surface area contributed by atoms with E-state index in [2.05, 4.69) is 0 Å². The zero-order chi connectivity index (χ0) is 23.5. The van der Waals surface area contributed by atoms with E-state index in [9.17, 15) is 14.4 Å². The van der Waals surface area contributed by atoms with Gasteiger partial charge < -0.3 is 19.4 Å². The van der Waals surface area contributed by atoms with Crippen molar-refractivity contribution in [1.82, 2.24) is 14.7 Å². The molecule has 1 atom stereocenters. The van der Waals surface area contributed by atoms with Gasteiger partial charge in [-0.15, -0.1) is 0 Å². The molecule has 7 heteroatoms. The molecule has 0 aromatic heterocycles. The number of hydrogen-bond acceptors (Lipinski definition) is 4. The molecule has 178 valence electrons. The number of likely N-dealkylation sites (tertiary alicyclic amines) is 2. The number of amides is 3. The molecule has 3 heterocycles. The molecule has 0 N–H and O–H groups in total. The average molecular weight is 462 g/mol. The summed E-state index contributed by atoms with van der Waals surface area (Å²) in [5, 5.41) is 0. The molecule has 3 saturated heterocycles. The Balaban J connectivity index is 1.10. The van der Waals surface area contributed by atoms with Gasteiger partial charge in [0.1, 0.15) is 6.10 Å². The summed E-state index contributed by atoms with van der Waals surface area (Å²) in [6, 6.07) is 19.3. The molecule has 5 rings (SSSR count). The molecule has 1 unspecified atom stereocenters. The van der Waals surface area contributed by atoms with Crippen molar-refractivity contribution in [3.05, 3.63) is 71.8 Å². The minimum Gasteiger partial charge on any atom is -0.439 e. The Morgan fingerprint density at radius 1 is 0.765 bits per heavy atom. The highest BCUT2D eigenvalue weighted by Crippen LogP contribution is 2.31. The molecule has 0 bridgehead atoms. The Hall–Kier alpha value is -3.35. The van der Waals surface area contributed by atoms with Crippen LogP contribution in [0.2, 0.25) is 0 Å². The van der Waals surface area contributed by atoms with Crippen LogP contribution in [0.15, 0.2) is 60.7 Å². The Bertz CT molecular complexity index is 1010. The van der Waals surface area contributed by atoms with Gasteiger partial charge in [-0.2, -0.15) is 0 Å². The third-order valence-corrected chi connectivity index (χ3v) is 7.38. The fourth-order valence-corrected chi connectivity index (χ4v) is 5.37. The van der Waals surface area contributed by atoms with Crippen molar-refractivity contribution in [3.8, 4) is 0 Å². The van der Waals surface area contributed by atoms with Crippen molar-refractivity contribution >= 4 is 17.9 Å². The Kier molecular flexibility index (Phi) is 6.52. The smallest absolute Gasteiger partial charge is 0.410 e. The van der Waals surface area contributed by atoms with Gasteiger partial charge >= 0.3 is 6.09 Å². The van der Waals surface area contributed by atoms with Crippen LogP contribution in [-0.4, -0.2) is 71.4 Å². The summed E-state index contributed by atoms with van der Waals surface area (Å²) in [4.78, 5) is 44.0.